The lowest BCUT2D eigenvalue weighted by Crippen LogP contribution is -2.38. The summed E-state index contributed by atoms with van der Waals surface area (Å²) in [4.78, 5) is 11.5. The fourth-order valence-electron chi connectivity index (χ4n) is 1.43. The predicted octanol–water partition coefficient (Wildman–Crippen LogP) is 1.23. The first-order chi connectivity index (χ1) is 8.65. The number of amides is 1. The molecule has 1 aromatic carbocycles. The van der Waals surface area contributed by atoms with E-state index in [1.54, 1.807) is 38.5 Å². The molecule has 0 aliphatic rings. The highest BCUT2D eigenvalue weighted by molar-refractivity contribution is 5.77. The summed E-state index contributed by atoms with van der Waals surface area (Å²) >= 11 is 0. The van der Waals surface area contributed by atoms with Crippen LogP contribution in [0.1, 0.15) is 6.92 Å². The topological polar surface area (TPSA) is 56.8 Å². The maximum Gasteiger partial charge on any atom is 0.258 e. The lowest BCUT2D eigenvalue weighted by atomic mass is 10.3. The Balaban J connectivity index is 2.33. The molecule has 1 N–H and O–H groups in total. The molecule has 5 heteroatoms. The van der Waals surface area contributed by atoms with Crippen LogP contribution in [0.4, 0.5) is 0 Å². The predicted molar refractivity (Wildman–Crippen MR) is 68.0 cm³/mol. The zero-order chi connectivity index (χ0) is 13.4. The molecular formula is C13H19NO4. The first-order valence-corrected chi connectivity index (χ1v) is 5.71. The van der Waals surface area contributed by atoms with Crippen LogP contribution in [0.15, 0.2) is 24.3 Å². The van der Waals surface area contributed by atoms with E-state index < -0.39 is 0 Å². The van der Waals surface area contributed by atoms with E-state index in [0.29, 0.717) is 12.4 Å². The quantitative estimate of drug-likeness (QED) is 0.794. The van der Waals surface area contributed by atoms with Crippen LogP contribution in [-0.2, 0) is 9.53 Å². The molecule has 0 bridgehead atoms. The minimum atomic E-state index is -0.171. The Morgan fingerprint density at radius 3 is 2.39 bits per heavy atom. The number of benzene rings is 1. The minimum absolute atomic E-state index is 0.0135. The molecule has 0 spiro atoms. The zero-order valence-electron chi connectivity index (χ0n) is 10.9. The van der Waals surface area contributed by atoms with E-state index in [1.165, 1.54) is 0 Å². The Labute approximate surface area is 107 Å². The number of rotatable bonds is 7. The Kier molecular flexibility index (Phi) is 6.00. The second-order valence-electron chi connectivity index (χ2n) is 3.89. The molecule has 0 aliphatic heterocycles. The van der Waals surface area contributed by atoms with Gasteiger partial charge < -0.3 is 19.5 Å². The van der Waals surface area contributed by atoms with Crippen molar-refractivity contribution in [1.29, 1.82) is 0 Å². The largest absolute Gasteiger partial charge is 0.497 e. The van der Waals surface area contributed by atoms with E-state index in [0.717, 1.165) is 5.75 Å². The maximum absolute atomic E-state index is 11.5. The molecule has 1 aromatic rings. The standard InChI is InChI=1S/C13H19NO4/c1-10(8-16-2)14-13(15)9-18-12-6-4-11(17-3)5-7-12/h4-7,10H,8-9H2,1-3H3,(H,14,15). The Hall–Kier alpha value is -1.75. The van der Waals surface area contributed by atoms with Crippen LogP contribution >= 0.6 is 0 Å². The smallest absolute Gasteiger partial charge is 0.258 e. The van der Waals surface area contributed by atoms with Crippen LogP contribution in [0.5, 0.6) is 11.5 Å². The van der Waals surface area contributed by atoms with E-state index in [4.69, 9.17) is 14.2 Å². The van der Waals surface area contributed by atoms with Crippen molar-refractivity contribution < 1.29 is 19.0 Å². The van der Waals surface area contributed by atoms with E-state index in [-0.39, 0.29) is 18.6 Å². The molecule has 1 atom stereocenters. The van der Waals surface area contributed by atoms with Crippen molar-refractivity contribution >= 4 is 5.91 Å². The van der Waals surface area contributed by atoms with E-state index in [1.807, 2.05) is 6.92 Å². The Morgan fingerprint density at radius 1 is 1.22 bits per heavy atom. The van der Waals surface area contributed by atoms with Crippen molar-refractivity contribution in [3.8, 4) is 11.5 Å². The second-order valence-corrected chi connectivity index (χ2v) is 3.89. The molecule has 0 aliphatic carbocycles. The van der Waals surface area contributed by atoms with Crippen LogP contribution in [0, 0.1) is 0 Å². The fraction of sp³-hybridized carbons (Fsp3) is 0.462. The van der Waals surface area contributed by atoms with Gasteiger partial charge in [0, 0.05) is 13.2 Å². The van der Waals surface area contributed by atoms with Crippen molar-refractivity contribution in [2.45, 2.75) is 13.0 Å². The van der Waals surface area contributed by atoms with Gasteiger partial charge in [-0.05, 0) is 31.2 Å². The molecule has 0 radical (unpaired) electrons. The van der Waals surface area contributed by atoms with Gasteiger partial charge in [-0.25, -0.2) is 0 Å². The highest BCUT2D eigenvalue weighted by Gasteiger charge is 2.07. The van der Waals surface area contributed by atoms with Gasteiger partial charge in [0.25, 0.3) is 5.91 Å². The highest BCUT2D eigenvalue weighted by atomic mass is 16.5. The van der Waals surface area contributed by atoms with Crippen LogP contribution in [0.3, 0.4) is 0 Å². The molecular weight excluding hydrogens is 234 g/mol. The van der Waals surface area contributed by atoms with Crippen LogP contribution in [0.2, 0.25) is 0 Å². The summed E-state index contributed by atoms with van der Waals surface area (Å²) in [5.74, 6) is 1.21. The number of methoxy groups -OCH3 is 2. The number of hydrogen-bond acceptors (Lipinski definition) is 4. The molecule has 100 valence electrons. The van der Waals surface area contributed by atoms with Crippen molar-refractivity contribution in [2.75, 3.05) is 27.4 Å². The summed E-state index contributed by atoms with van der Waals surface area (Å²) < 4.78 is 15.3. The summed E-state index contributed by atoms with van der Waals surface area (Å²) in [7, 11) is 3.19. The molecule has 18 heavy (non-hydrogen) atoms. The number of nitrogens with one attached hydrogen (secondary N) is 1. The first-order valence-electron chi connectivity index (χ1n) is 5.71. The highest BCUT2D eigenvalue weighted by Crippen LogP contribution is 2.16. The Bertz CT molecular complexity index is 364. The van der Waals surface area contributed by atoms with Gasteiger partial charge in [-0.15, -0.1) is 0 Å². The maximum atomic E-state index is 11.5. The number of carbonyl (C=O) groups excluding carboxylic acids is 1. The summed E-state index contributed by atoms with van der Waals surface area (Å²) in [6, 6.07) is 7.04. The third-order valence-corrected chi connectivity index (χ3v) is 2.25. The third-order valence-electron chi connectivity index (χ3n) is 2.25. The van der Waals surface area contributed by atoms with Gasteiger partial charge in [-0.1, -0.05) is 0 Å². The van der Waals surface area contributed by atoms with Crippen molar-refractivity contribution in [3.05, 3.63) is 24.3 Å². The minimum Gasteiger partial charge on any atom is -0.497 e. The molecule has 1 unspecified atom stereocenters. The summed E-state index contributed by atoms with van der Waals surface area (Å²) in [5, 5.41) is 2.76. The van der Waals surface area contributed by atoms with Crippen LogP contribution in [0.25, 0.3) is 0 Å². The normalized spacial score (nSPS) is 11.7. The molecule has 0 fully saturated rings. The second kappa shape index (κ2) is 7.55. The number of hydrogen-bond donors (Lipinski definition) is 1. The summed E-state index contributed by atoms with van der Waals surface area (Å²) in [6.07, 6.45) is 0. The van der Waals surface area contributed by atoms with Gasteiger partial charge in [0.15, 0.2) is 6.61 Å². The average Bonchev–Trinajstić information content (AvgIpc) is 2.37. The number of carbonyl (C=O) groups is 1. The van der Waals surface area contributed by atoms with E-state index >= 15 is 0 Å². The first kappa shape index (κ1) is 14.3. The van der Waals surface area contributed by atoms with Crippen molar-refractivity contribution in [2.24, 2.45) is 0 Å². The summed E-state index contributed by atoms with van der Waals surface area (Å²) in [6.45, 7) is 2.34. The van der Waals surface area contributed by atoms with E-state index in [2.05, 4.69) is 5.32 Å². The van der Waals surface area contributed by atoms with Gasteiger partial charge in [0.2, 0.25) is 0 Å². The zero-order valence-corrected chi connectivity index (χ0v) is 10.9. The van der Waals surface area contributed by atoms with Gasteiger partial charge in [-0.3, -0.25) is 4.79 Å². The number of ether oxygens (including phenoxy) is 3. The average molecular weight is 253 g/mol. The molecule has 0 saturated heterocycles. The van der Waals surface area contributed by atoms with Crippen molar-refractivity contribution in [3.63, 3.8) is 0 Å². The monoisotopic (exact) mass is 253 g/mol. The summed E-state index contributed by atoms with van der Waals surface area (Å²) in [5.41, 5.74) is 0. The van der Waals surface area contributed by atoms with Gasteiger partial charge in [0.05, 0.1) is 13.7 Å². The third kappa shape index (κ3) is 5.05. The Morgan fingerprint density at radius 2 is 1.83 bits per heavy atom. The van der Waals surface area contributed by atoms with Gasteiger partial charge in [-0.2, -0.15) is 0 Å². The van der Waals surface area contributed by atoms with Crippen molar-refractivity contribution in [1.82, 2.24) is 5.32 Å². The van der Waals surface area contributed by atoms with Crippen LogP contribution in [-0.4, -0.2) is 39.4 Å². The van der Waals surface area contributed by atoms with Crippen LogP contribution < -0.4 is 14.8 Å². The molecule has 0 aromatic heterocycles. The molecule has 0 saturated carbocycles. The fourth-order valence-corrected chi connectivity index (χ4v) is 1.43. The lowest BCUT2D eigenvalue weighted by molar-refractivity contribution is -0.124. The van der Waals surface area contributed by atoms with Gasteiger partial charge >= 0.3 is 0 Å². The van der Waals surface area contributed by atoms with E-state index in [9.17, 15) is 4.79 Å². The molecule has 1 rings (SSSR count). The molecule has 0 heterocycles. The van der Waals surface area contributed by atoms with Gasteiger partial charge in [0.1, 0.15) is 11.5 Å². The molecule has 5 nitrogen and oxygen atoms in total. The lowest BCUT2D eigenvalue weighted by Gasteiger charge is -2.13. The molecule has 1 amide bonds. The SMILES string of the molecule is COCC(C)NC(=O)COc1ccc(OC)cc1.